The molecule has 0 aliphatic rings. The molecule has 3 aromatic rings. The Morgan fingerprint density at radius 3 is 2.42 bits per heavy atom. The van der Waals surface area contributed by atoms with Gasteiger partial charge in [0.25, 0.3) is 0 Å². The Morgan fingerprint density at radius 2 is 1.68 bits per heavy atom. The number of methoxy groups -OCH3 is 2. The molecule has 0 aromatic heterocycles. The van der Waals surface area contributed by atoms with Crippen LogP contribution in [0.2, 0.25) is 0 Å². The molecule has 0 bridgehead atoms. The number of allylic oxidation sites excluding steroid dienone is 1. The summed E-state index contributed by atoms with van der Waals surface area (Å²) in [6, 6.07) is 22.4. The third-order valence-electron chi connectivity index (χ3n) is 6.31. The van der Waals surface area contributed by atoms with Gasteiger partial charge in [-0.3, -0.25) is 10.0 Å². The Balaban J connectivity index is 1.65. The highest BCUT2D eigenvalue weighted by molar-refractivity contribution is 7.99. The molecule has 0 amide bonds. The smallest absolute Gasteiger partial charge is 0.127 e. The van der Waals surface area contributed by atoms with Gasteiger partial charge in [0.05, 0.1) is 44.6 Å². The molecule has 3 rings (SSSR count). The van der Waals surface area contributed by atoms with E-state index < -0.39 is 0 Å². The molecule has 0 aliphatic carbocycles. The number of unbranched alkanes of at least 4 members (excludes halogenated alkanes) is 4. The number of benzene rings is 3. The van der Waals surface area contributed by atoms with Gasteiger partial charge in [-0.1, -0.05) is 49.2 Å². The molecule has 40 heavy (non-hydrogen) atoms. The van der Waals surface area contributed by atoms with Crippen LogP contribution in [0, 0.1) is 0 Å². The van der Waals surface area contributed by atoms with E-state index in [-0.39, 0.29) is 0 Å². The fraction of sp³-hybridized carbons (Fsp3) is 0.333. The van der Waals surface area contributed by atoms with Gasteiger partial charge in [-0.15, -0.1) is 18.3 Å². The lowest BCUT2D eigenvalue weighted by Crippen LogP contribution is -2.22. The first-order valence-corrected chi connectivity index (χ1v) is 14.7. The first kappa shape index (κ1) is 31.0. The summed E-state index contributed by atoms with van der Waals surface area (Å²) >= 11 is 1.66. The summed E-state index contributed by atoms with van der Waals surface area (Å²) in [4.78, 5) is 5.18. The Labute approximate surface area is 243 Å². The second kappa shape index (κ2) is 17.9. The van der Waals surface area contributed by atoms with Crippen molar-refractivity contribution in [2.45, 2.75) is 37.0 Å². The summed E-state index contributed by atoms with van der Waals surface area (Å²) in [6.45, 7) is 9.42. The van der Waals surface area contributed by atoms with E-state index in [1.54, 1.807) is 26.0 Å². The van der Waals surface area contributed by atoms with Gasteiger partial charge in [0.1, 0.15) is 11.5 Å². The number of rotatable bonds is 19. The van der Waals surface area contributed by atoms with E-state index >= 15 is 0 Å². The molecule has 6 nitrogen and oxygen atoms in total. The normalized spacial score (nSPS) is 10.9. The zero-order valence-electron chi connectivity index (χ0n) is 23.8. The minimum absolute atomic E-state index is 0.570. The van der Waals surface area contributed by atoms with Gasteiger partial charge in [-0.25, -0.2) is 0 Å². The van der Waals surface area contributed by atoms with Crippen molar-refractivity contribution in [2.75, 3.05) is 39.9 Å². The molecule has 0 N–H and O–H groups in total. The predicted molar refractivity (Wildman–Crippen MR) is 170 cm³/mol. The van der Waals surface area contributed by atoms with Crippen LogP contribution < -0.4 is 9.47 Å². The maximum atomic E-state index is 5.94. The Bertz CT molecular complexity index is 1210. The van der Waals surface area contributed by atoms with E-state index in [1.165, 1.54) is 19.3 Å². The van der Waals surface area contributed by atoms with Crippen molar-refractivity contribution in [3.05, 3.63) is 84.9 Å². The van der Waals surface area contributed by atoms with Gasteiger partial charge in [-0.2, -0.15) is 5.10 Å². The van der Waals surface area contributed by atoms with Gasteiger partial charge < -0.3 is 14.2 Å². The Kier molecular flexibility index (Phi) is 13.9. The zero-order valence-corrected chi connectivity index (χ0v) is 24.6. The molecule has 0 aliphatic heterocycles. The molecule has 0 unspecified atom stereocenters. The molecule has 3 aromatic carbocycles. The van der Waals surface area contributed by atoms with Crippen LogP contribution in [0.3, 0.4) is 0 Å². The third-order valence-corrected chi connectivity index (χ3v) is 7.39. The van der Waals surface area contributed by atoms with Crippen molar-refractivity contribution in [3.8, 4) is 22.6 Å². The lowest BCUT2D eigenvalue weighted by atomic mass is 10.0. The minimum atomic E-state index is 0.570. The highest BCUT2D eigenvalue weighted by atomic mass is 32.2. The van der Waals surface area contributed by atoms with Crippen LogP contribution in [0.1, 0.15) is 37.7 Å². The maximum Gasteiger partial charge on any atom is 0.127 e. The van der Waals surface area contributed by atoms with E-state index in [4.69, 9.17) is 19.3 Å². The van der Waals surface area contributed by atoms with Gasteiger partial charge in [0.2, 0.25) is 0 Å². The Hall–Kier alpha value is -3.55. The fourth-order valence-electron chi connectivity index (χ4n) is 4.04. The van der Waals surface area contributed by atoms with Gasteiger partial charge in [0.15, 0.2) is 0 Å². The van der Waals surface area contributed by atoms with Crippen molar-refractivity contribution in [2.24, 2.45) is 10.1 Å². The SMILES string of the molecule is C=CCCCCCCOc1ccc(-c2ccc(OC)c(/C=N/N(CCOC)CSc3ccccc3N=C)c2)cc1. The van der Waals surface area contributed by atoms with Crippen LogP contribution in [-0.2, 0) is 4.74 Å². The molecule has 0 fully saturated rings. The zero-order chi connectivity index (χ0) is 28.4. The lowest BCUT2D eigenvalue weighted by Gasteiger charge is -2.19. The van der Waals surface area contributed by atoms with E-state index in [0.717, 1.165) is 58.2 Å². The van der Waals surface area contributed by atoms with Crippen LogP contribution in [0.4, 0.5) is 5.69 Å². The molecular formula is C33H41N3O3S. The van der Waals surface area contributed by atoms with Crippen molar-refractivity contribution >= 4 is 30.4 Å². The van der Waals surface area contributed by atoms with Gasteiger partial charge >= 0.3 is 0 Å². The highest BCUT2D eigenvalue weighted by Gasteiger charge is 2.08. The van der Waals surface area contributed by atoms with Crippen LogP contribution in [-0.4, -0.2) is 57.8 Å². The average molecular weight is 560 g/mol. The van der Waals surface area contributed by atoms with Crippen LogP contribution >= 0.6 is 11.8 Å². The lowest BCUT2D eigenvalue weighted by molar-refractivity contribution is 0.161. The number of hydrogen-bond acceptors (Lipinski definition) is 7. The highest BCUT2D eigenvalue weighted by Crippen LogP contribution is 2.30. The summed E-state index contributed by atoms with van der Waals surface area (Å²) < 4.78 is 16.9. The van der Waals surface area contributed by atoms with Crippen molar-refractivity contribution in [1.82, 2.24) is 5.01 Å². The van der Waals surface area contributed by atoms with Crippen LogP contribution in [0.5, 0.6) is 11.5 Å². The monoisotopic (exact) mass is 559 g/mol. The summed E-state index contributed by atoms with van der Waals surface area (Å²) in [7, 11) is 3.37. The molecule has 0 saturated heterocycles. The second-order valence-electron chi connectivity index (χ2n) is 9.19. The number of para-hydroxylation sites is 1. The summed E-state index contributed by atoms with van der Waals surface area (Å²) in [5.41, 5.74) is 3.96. The standard InChI is InChI=1S/C33H41N3O3S/c1-5-6-7-8-9-12-22-39-30-18-15-27(16-19-30)28-17-20-32(38-4)29(24-28)25-35-36(21-23-37-3)26-40-33-14-11-10-13-31(33)34-2/h5,10-11,13-20,24-25H,1-2,6-9,12,21-23,26H2,3-4H3/b35-25+. The number of ether oxygens (including phenoxy) is 3. The molecule has 0 spiro atoms. The van der Waals surface area contributed by atoms with Gasteiger partial charge in [0, 0.05) is 17.6 Å². The molecule has 212 valence electrons. The van der Waals surface area contributed by atoms with E-state index in [9.17, 15) is 0 Å². The fourth-order valence-corrected chi connectivity index (χ4v) is 4.98. The van der Waals surface area contributed by atoms with Crippen molar-refractivity contribution < 1.29 is 14.2 Å². The maximum absolute atomic E-state index is 5.94. The molecule has 0 atom stereocenters. The van der Waals surface area contributed by atoms with Crippen LogP contribution in [0.25, 0.3) is 11.1 Å². The van der Waals surface area contributed by atoms with Crippen LogP contribution in [0.15, 0.2) is 94.4 Å². The van der Waals surface area contributed by atoms with Crippen molar-refractivity contribution in [3.63, 3.8) is 0 Å². The summed E-state index contributed by atoms with van der Waals surface area (Å²) in [6.07, 6.45) is 9.61. The number of hydrazone groups is 1. The second-order valence-corrected chi connectivity index (χ2v) is 10.2. The predicted octanol–water partition coefficient (Wildman–Crippen LogP) is 8.24. The number of aliphatic imine (C=N–C) groups is 1. The van der Waals surface area contributed by atoms with Crippen molar-refractivity contribution in [1.29, 1.82) is 0 Å². The van der Waals surface area contributed by atoms with Gasteiger partial charge in [-0.05, 0) is 73.5 Å². The summed E-state index contributed by atoms with van der Waals surface area (Å²) in [5.74, 6) is 2.30. The van der Waals surface area contributed by atoms with E-state index in [2.05, 4.69) is 42.6 Å². The number of nitrogens with zero attached hydrogens (tertiary/aromatic N) is 3. The topological polar surface area (TPSA) is 55.7 Å². The molecule has 0 heterocycles. The average Bonchev–Trinajstić information content (AvgIpc) is 3.00. The molecular weight excluding hydrogens is 518 g/mol. The quantitative estimate of drug-likeness (QED) is 0.0370. The Morgan fingerprint density at radius 1 is 0.900 bits per heavy atom. The number of hydrogen-bond donors (Lipinski definition) is 0. The minimum Gasteiger partial charge on any atom is -0.496 e. The molecule has 0 radical (unpaired) electrons. The number of thioether (sulfide) groups is 1. The first-order chi connectivity index (χ1) is 19.7. The van der Waals surface area contributed by atoms with E-state index in [0.29, 0.717) is 19.0 Å². The van der Waals surface area contributed by atoms with E-state index in [1.807, 2.05) is 59.8 Å². The molecule has 7 heteroatoms. The summed E-state index contributed by atoms with van der Waals surface area (Å²) in [5, 5.41) is 6.76. The molecule has 0 saturated carbocycles. The largest absolute Gasteiger partial charge is 0.496 e. The first-order valence-electron chi connectivity index (χ1n) is 13.7. The third kappa shape index (κ3) is 10.2.